The highest BCUT2D eigenvalue weighted by atomic mass is 32.2. The number of fused-ring (bicyclic) bond motifs is 1. The van der Waals surface area contributed by atoms with Crippen molar-refractivity contribution in [3.05, 3.63) is 35.9 Å². The number of thioether (sulfide) groups is 1. The van der Waals surface area contributed by atoms with Gasteiger partial charge in [-0.05, 0) is 46.7 Å². The summed E-state index contributed by atoms with van der Waals surface area (Å²) in [6, 6.07) is 7.75. The molecule has 1 aliphatic heterocycles. The Hall–Kier alpha value is -2.76. The Balaban J connectivity index is 1.42. The molecule has 0 spiro atoms. The molecule has 0 bridgehead atoms. The minimum absolute atomic E-state index is 0.0533. The number of likely N-dealkylation sites (tertiary alicyclic amines) is 1. The number of hydrogen-bond donors (Lipinski definition) is 4. The van der Waals surface area contributed by atoms with Gasteiger partial charge in [-0.15, -0.1) is 11.8 Å². The van der Waals surface area contributed by atoms with Crippen molar-refractivity contribution in [2.24, 2.45) is 40.2 Å². The fourth-order valence-electron chi connectivity index (χ4n) is 7.19. The second kappa shape index (κ2) is 15.9. The van der Waals surface area contributed by atoms with E-state index in [2.05, 4.69) is 43.6 Å². The summed E-state index contributed by atoms with van der Waals surface area (Å²) in [6.07, 6.45) is 6.00. The summed E-state index contributed by atoms with van der Waals surface area (Å²) < 4.78 is 0. The molecule has 3 amide bonds. The Kier molecular flexibility index (Phi) is 12.6. The molecule has 6 atom stereocenters. The number of Topliss-reactive ketones (excluding diaryl/α,β-unsaturated/α-hetero) is 2. The van der Waals surface area contributed by atoms with Gasteiger partial charge in [0.2, 0.25) is 11.8 Å². The molecule has 3 aliphatic rings. The molecular formula is C37H57N5O5S. The molecule has 11 heteroatoms. The van der Waals surface area contributed by atoms with E-state index < -0.39 is 40.5 Å². The number of hydrogen-bond acceptors (Lipinski definition) is 8. The van der Waals surface area contributed by atoms with Gasteiger partial charge in [-0.1, -0.05) is 104 Å². The largest absolute Gasteiger partial charge is 0.363 e. The van der Waals surface area contributed by atoms with Gasteiger partial charge in [-0.25, -0.2) is 0 Å². The molecule has 0 aromatic heterocycles. The number of carbonyl (C=O) groups excluding carboxylic acids is 5. The molecule has 266 valence electrons. The average molecular weight is 684 g/mol. The summed E-state index contributed by atoms with van der Waals surface area (Å²) in [4.78, 5) is 67.7. The second-order valence-electron chi connectivity index (χ2n) is 16.0. The average Bonchev–Trinajstić information content (AvgIpc) is 3.88. The summed E-state index contributed by atoms with van der Waals surface area (Å²) in [5.41, 5.74) is 5.44. The van der Waals surface area contributed by atoms with E-state index in [-0.39, 0.29) is 40.9 Å². The summed E-state index contributed by atoms with van der Waals surface area (Å²) >= 11 is 1.24. The van der Waals surface area contributed by atoms with Crippen molar-refractivity contribution in [2.75, 3.05) is 19.0 Å². The molecule has 1 heterocycles. The van der Waals surface area contributed by atoms with Gasteiger partial charge in [0.1, 0.15) is 11.4 Å². The van der Waals surface area contributed by atoms with Crippen LogP contribution in [-0.2, 0) is 19.2 Å². The van der Waals surface area contributed by atoms with Crippen LogP contribution < -0.4 is 21.7 Å². The monoisotopic (exact) mass is 683 g/mol. The third kappa shape index (κ3) is 9.47. The molecular weight excluding hydrogens is 627 g/mol. The Labute approximate surface area is 290 Å². The number of unbranched alkanes of at least 4 members (excludes halogenated alkanes) is 1. The van der Waals surface area contributed by atoms with Crippen LogP contribution in [0.5, 0.6) is 0 Å². The number of primary amides is 1. The van der Waals surface area contributed by atoms with Crippen LogP contribution >= 0.6 is 11.8 Å². The molecule has 1 aromatic carbocycles. The maximum Gasteiger partial charge on any atom is 0.287 e. The lowest BCUT2D eigenvalue weighted by molar-refractivity contribution is -0.144. The number of piperidine rings is 1. The quantitative estimate of drug-likeness (QED) is 0.0736. The first-order chi connectivity index (χ1) is 22.5. The zero-order chi connectivity index (χ0) is 35.4. The number of carbonyl (C=O) groups is 5. The molecule has 10 nitrogen and oxygen atoms in total. The van der Waals surface area contributed by atoms with Gasteiger partial charge in [0.25, 0.3) is 11.7 Å². The fraction of sp³-hybridized carbons (Fsp3) is 0.703. The van der Waals surface area contributed by atoms with E-state index in [1.165, 1.54) is 31.0 Å². The summed E-state index contributed by atoms with van der Waals surface area (Å²) in [6.45, 7) is 15.0. The maximum absolute atomic E-state index is 14.3. The zero-order valence-corrected chi connectivity index (χ0v) is 30.7. The van der Waals surface area contributed by atoms with Gasteiger partial charge < -0.3 is 21.3 Å². The molecule has 5 N–H and O–H groups in total. The Morgan fingerprint density at radius 1 is 1.02 bits per heavy atom. The standard InChI is InChI=1S/C37H57N5O5S/c1-22(2)26(19-27(43)24-14-9-8-10-15-24)39-21-40-31(36(3,4)5)35(47)42-20-25-28(37(25,6)7)29(42)33(46)41-34(30(44)32(38)45)48-18-12-11-13-23-16-17-23/h8-10,14-15,22-23,25-26,28-29,31,34,39-40H,11-13,16-21H2,1-7H3,(H2,38,45)(H,41,46)/t25-,26+,28-,29-,31+,34?/m0/s1. The fourth-order valence-corrected chi connectivity index (χ4v) is 8.26. The van der Waals surface area contributed by atoms with Gasteiger partial charge in [0.05, 0.1) is 6.04 Å². The summed E-state index contributed by atoms with van der Waals surface area (Å²) in [5, 5.41) is 8.60. The third-order valence-corrected chi connectivity index (χ3v) is 11.8. The molecule has 2 aliphatic carbocycles. The van der Waals surface area contributed by atoms with Crippen molar-refractivity contribution in [3.63, 3.8) is 0 Å². The third-order valence-electron chi connectivity index (χ3n) is 10.6. The van der Waals surface area contributed by atoms with Crippen LogP contribution in [0.1, 0.15) is 97.3 Å². The number of nitrogens with zero attached hydrogens (tertiary/aromatic N) is 1. The number of ketones is 2. The first-order valence-corrected chi connectivity index (χ1v) is 18.7. The predicted molar refractivity (Wildman–Crippen MR) is 190 cm³/mol. The van der Waals surface area contributed by atoms with Crippen LogP contribution in [0, 0.1) is 34.5 Å². The number of rotatable bonds is 19. The minimum Gasteiger partial charge on any atom is -0.363 e. The van der Waals surface area contributed by atoms with Gasteiger partial charge in [-0.3, -0.25) is 29.3 Å². The normalized spacial score (nSPS) is 23.2. The SMILES string of the molecule is CC(C)[C@@H](CC(=O)c1ccccc1)NCN[C@H](C(=O)N1C[C@H]2[C@@H]([C@H]1C(=O)NC(SCCCCC1CC1)C(=O)C(N)=O)C2(C)C)C(C)(C)C. The van der Waals surface area contributed by atoms with Gasteiger partial charge in [0, 0.05) is 31.2 Å². The van der Waals surface area contributed by atoms with Crippen LogP contribution in [-0.4, -0.2) is 76.7 Å². The smallest absolute Gasteiger partial charge is 0.287 e. The molecule has 1 saturated heterocycles. The van der Waals surface area contributed by atoms with Crippen LogP contribution in [0.25, 0.3) is 0 Å². The highest BCUT2D eigenvalue weighted by molar-refractivity contribution is 8.00. The predicted octanol–water partition coefficient (Wildman–Crippen LogP) is 4.13. The molecule has 48 heavy (non-hydrogen) atoms. The Morgan fingerprint density at radius 2 is 1.69 bits per heavy atom. The summed E-state index contributed by atoms with van der Waals surface area (Å²) in [7, 11) is 0. The van der Waals surface area contributed by atoms with Crippen molar-refractivity contribution in [3.8, 4) is 0 Å². The van der Waals surface area contributed by atoms with E-state index in [1.807, 2.05) is 51.1 Å². The minimum atomic E-state index is -1.08. The molecule has 1 unspecified atom stereocenters. The van der Waals surface area contributed by atoms with Gasteiger partial charge >= 0.3 is 0 Å². The first-order valence-electron chi connectivity index (χ1n) is 17.6. The van der Waals surface area contributed by atoms with E-state index in [0.29, 0.717) is 31.0 Å². The zero-order valence-electron chi connectivity index (χ0n) is 29.8. The van der Waals surface area contributed by atoms with Crippen LogP contribution in [0.15, 0.2) is 30.3 Å². The van der Waals surface area contributed by atoms with Gasteiger partial charge in [0.15, 0.2) is 5.78 Å². The van der Waals surface area contributed by atoms with Crippen molar-refractivity contribution in [1.29, 1.82) is 0 Å². The summed E-state index contributed by atoms with van der Waals surface area (Å²) in [5.74, 6) is -0.726. The first kappa shape index (κ1) is 38.0. The molecule has 4 rings (SSSR count). The number of benzene rings is 1. The molecule has 3 fully saturated rings. The van der Waals surface area contributed by atoms with Crippen molar-refractivity contribution in [1.82, 2.24) is 20.9 Å². The van der Waals surface area contributed by atoms with E-state index in [9.17, 15) is 24.0 Å². The molecule has 0 radical (unpaired) electrons. The van der Waals surface area contributed by atoms with Crippen molar-refractivity contribution < 1.29 is 24.0 Å². The van der Waals surface area contributed by atoms with E-state index >= 15 is 0 Å². The van der Waals surface area contributed by atoms with Crippen molar-refractivity contribution >= 4 is 41.0 Å². The van der Waals surface area contributed by atoms with Crippen molar-refractivity contribution in [2.45, 2.75) is 110 Å². The lowest BCUT2D eigenvalue weighted by Crippen LogP contribution is -2.60. The van der Waals surface area contributed by atoms with Crippen LogP contribution in [0.2, 0.25) is 0 Å². The van der Waals surface area contributed by atoms with Crippen LogP contribution in [0.3, 0.4) is 0 Å². The molecule has 2 saturated carbocycles. The van der Waals surface area contributed by atoms with E-state index in [4.69, 9.17) is 5.73 Å². The van der Waals surface area contributed by atoms with Gasteiger partial charge in [-0.2, -0.15) is 0 Å². The lowest BCUT2D eigenvalue weighted by Gasteiger charge is -2.38. The second-order valence-corrected chi connectivity index (χ2v) is 17.3. The highest BCUT2D eigenvalue weighted by Crippen LogP contribution is 2.65. The molecule has 1 aromatic rings. The number of nitrogens with two attached hydrogens (primary N) is 1. The number of nitrogens with one attached hydrogen (secondary N) is 3. The topological polar surface area (TPSA) is 151 Å². The Bertz CT molecular complexity index is 1320. The highest BCUT2D eigenvalue weighted by Gasteiger charge is 2.69. The van der Waals surface area contributed by atoms with E-state index in [0.717, 1.165) is 18.8 Å². The lowest BCUT2D eigenvalue weighted by atomic mass is 9.85. The number of amides is 3. The van der Waals surface area contributed by atoms with E-state index in [1.54, 1.807) is 4.90 Å². The van der Waals surface area contributed by atoms with Crippen LogP contribution in [0.4, 0.5) is 0 Å². The Morgan fingerprint density at radius 3 is 2.27 bits per heavy atom. The maximum atomic E-state index is 14.3.